The van der Waals surface area contributed by atoms with E-state index in [1.165, 1.54) is 18.4 Å². The van der Waals surface area contributed by atoms with Crippen molar-refractivity contribution in [2.24, 2.45) is 0 Å². The van der Waals surface area contributed by atoms with Crippen LogP contribution in [0.3, 0.4) is 0 Å². The predicted molar refractivity (Wildman–Crippen MR) is 128 cm³/mol. The Hall–Kier alpha value is -1.96. The summed E-state index contributed by atoms with van der Waals surface area (Å²) in [6, 6.07) is 8.21. The summed E-state index contributed by atoms with van der Waals surface area (Å²) in [5.41, 5.74) is 2.93. The molecule has 7 heteroatoms. The zero-order valence-electron chi connectivity index (χ0n) is 19.2. The number of thiazole rings is 1. The molecule has 2 aromatic rings. The summed E-state index contributed by atoms with van der Waals surface area (Å²) >= 11 is 1.63. The number of carbonyl (C=O) groups excluding carboxylic acids is 1. The lowest BCUT2D eigenvalue weighted by atomic mass is 10.1. The molecule has 0 spiro atoms. The first-order valence-electron chi connectivity index (χ1n) is 11.4. The van der Waals surface area contributed by atoms with Gasteiger partial charge in [-0.2, -0.15) is 0 Å². The lowest BCUT2D eigenvalue weighted by Crippen LogP contribution is -2.39. The van der Waals surface area contributed by atoms with Gasteiger partial charge in [0.25, 0.3) is 0 Å². The summed E-state index contributed by atoms with van der Waals surface area (Å²) in [4.78, 5) is 19.4. The molecule has 1 aromatic heterocycles. The summed E-state index contributed by atoms with van der Waals surface area (Å²) in [6.07, 6.45) is 4.86. The van der Waals surface area contributed by atoms with E-state index in [4.69, 9.17) is 4.74 Å². The quantitative estimate of drug-likeness (QED) is 0.546. The molecule has 2 amide bonds. The van der Waals surface area contributed by atoms with Crippen LogP contribution in [0.25, 0.3) is 0 Å². The van der Waals surface area contributed by atoms with Crippen LogP contribution in [0.1, 0.15) is 69.3 Å². The Morgan fingerprint density at radius 3 is 2.65 bits per heavy atom. The zero-order valence-corrected chi connectivity index (χ0v) is 20.0. The van der Waals surface area contributed by atoms with Crippen LogP contribution < -0.4 is 10.6 Å². The van der Waals surface area contributed by atoms with E-state index in [0.29, 0.717) is 12.1 Å². The average molecular weight is 445 g/mol. The first kappa shape index (κ1) is 23.7. The highest BCUT2D eigenvalue weighted by atomic mass is 32.1. The second-order valence-corrected chi connectivity index (χ2v) is 9.49. The van der Waals surface area contributed by atoms with Gasteiger partial charge >= 0.3 is 6.03 Å². The lowest BCUT2D eigenvalue weighted by Gasteiger charge is -2.32. The van der Waals surface area contributed by atoms with Gasteiger partial charge in [0.1, 0.15) is 0 Å². The number of anilines is 1. The highest BCUT2D eigenvalue weighted by molar-refractivity contribution is 7.09. The number of urea groups is 1. The molecule has 2 N–H and O–H groups in total. The molecule has 0 saturated carbocycles. The van der Waals surface area contributed by atoms with Crippen molar-refractivity contribution in [3.63, 3.8) is 0 Å². The molecule has 2 unspecified atom stereocenters. The van der Waals surface area contributed by atoms with Gasteiger partial charge < -0.3 is 15.4 Å². The highest BCUT2D eigenvalue weighted by Gasteiger charge is 2.20. The number of hydrogen-bond donors (Lipinski definition) is 2. The van der Waals surface area contributed by atoms with E-state index in [0.717, 1.165) is 48.9 Å². The number of ether oxygens (including phenoxy) is 1. The van der Waals surface area contributed by atoms with E-state index in [1.807, 2.05) is 24.4 Å². The van der Waals surface area contributed by atoms with Gasteiger partial charge in [0.2, 0.25) is 0 Å². The molecular weight excluding hydrogens is 408 g/mol. The van der Waals surface area contributed by atoms with Crippen LogP contribution in [0.2, 0.25) is 0 Å². The van der Waals surface area contributed by atoms with Crippen LogP contribution in [-0.4, -0.2) is 41.2 Å². The number of rotatable bonds is 9. The first-order chi connectivity index (χ1) is 14.9. The minimum Gasteiger partial charge on any atom is -0.377 e. The van der Waals surface area contributed by atoms with Crippen molar-refractivity contribution in [2.75, 3.05) is 18.5 Å². The second-order valence-electron chi connectivity index (χ2n) is 8.55. The van der Waals surface area contributed by atoms with Gasteiger partial charge in [-0.05, 0) is 64.2 Å². The first-order valence-corrected chi connectivity index (χ1v) is 12.3. The third-order valence-electron chi connectivity index (χ3n) is 5.70. The summed E-state index contributed by atoms with van der Waals surface area (Å²) in [7, 11) is 0. The van der Waals surface area contributed by atoms with Gasteiger partial charge in [-0.15, -0.1) is 11.3 Å². The maximum atomic E-state index is 12.4. The zero-order chi connectivity index (χ0) is 22.2. The molecule has 170 valence electrons. The highest BCUT2D eigenvalue weighted by Crippen LogP contribution is 2.19. The average Bonchev–Trinajstić information content (AvgIpc) is 3.25. The van der Waals surface area contributed by atoms with Crippen molar-refractivity contribution in [1.29, 1.82) is 0 Å². The number of nitrogens with zero attached hydrogens (tertiary/aromatic N) is 2. The van der Waals surface area contributed by atoms with Crippen LogP contribution in [0.15, 0.2) is 29.6 Å². The summed E-state index contributed by atoms with van der Waals surface area (Å²) in [5.74, 6) is 0. The maximum Gasteiger partial charge on any atom is 0.319 e. The molecule has 1 saturated heterocycles. The largest absolute Gasteiger partial charge is 0.377 e. The van der Waals surface area contributed by atoms with Gasteiger partial charge in [0.05, 0.1) is 22.8 Å². The molecule has 2 atom stereocenters. The minimum absolute atomic E-state index is 0.127. The van der Waals surface area contributed by atoms with Gasteiger partial charge in [-0.3, -0.25) is 4.90 Å². The molecule has 2 heterocycles. The Kier molecular flexibility index (Phi) is 8.87. The Bertz CT molecular complexity index is 815. The predicted octanol–water partition coefficient (Wildman–Crippen LogP) is 5.37. The molecule has 3 rings (SSSR count). The van der Waals surface area contributed by atoms with Crippen molar-refractivity contribution in [2.45, 2.75) is 78.1 Å². The van der Waals surface area contributed by atoms with Crippen molar-refractivity contribution in [3.8, 4) is 0 Å². The van der Waals surface area contributed by atoms with Crippen molar-refractivity contribution >= 4 is 23.1 Å². The minimum atomic E-state index is -0.218. The van der Waals surface area contributed by atoms with Crippen molar-refractivity contribution in [3.05, 3.63) is 45.9 Å². The molecule has 1 aliphatic rings. The Labute approximate surface area is 190 Å². The number of aromatic nitrogens is 1. The number of carbonyl (C=O) groups is 1. The fraction of sp³-hybridized carbons (Fsp3) is 0.583. The van der Waals surface area contributed by atoms with E-state index in [9.17, 15) is 4.79 Å². The SMILES string of the molecule is CCc1nc(C(C)NC(=O)Nc2ccc(CN(CC3CCCCO3)C(C)C)cc2)cs1. The Balaban J connectivity index is 1.50. The van der Waals surface area contributed by atoms with Crippen LogP contribution in [0, 0.1) is 0 Å². The van der Waals surface area contributed by atoms with Crippen LogP contribution >= 0.6 is 11.3 Å². The molecule has 0 radical (unpaired) electrons. The van der Waals surface area contributed by atoms with E-state index >= 15 is 0 Å². The smallest absolute Gasteiger partial charge is 0.319 e. The van der Waals surface area contributed by atoms with E-state index in [1.54, 1.807) is 11.3 Å². The molecular formula is C24H36N4O2S. The maximum absolute atomic E-state index is 12.4. The molecule has 6 nitrogen and oxygen atoms in total. The second kappa shape index (κ2) is 11.6. The molecule has 31 heavy (non-hydrogen) atoms. The summed E-state index contributed by atoms with van der Waals surface area (Å²) < 4.78 is 5.93. The van der Waals surface area contributed by atoms with Gasteiger partial charge in [-0.1, -0.05) is 19.1 Å². The van der Waals surface area contributed by atoms with E-state index in [-0.39, 0.29) is 12.1 Å². The Morgan fingerprint density at radius 2 is 2.03 bits per heavy atom. The standard InChI is InChI=1S/C24H36N4O2S/c1-5-23-27-22(16-31-23)18(4)25-24(29)26-20-11-9-19(10-12-20)14-28(17(2)3)15-21-8-6-7-13-30-21/h9-12,16-18,21H,5-8,13-15H2,1-4H3,(H2,25,26,29). The number of hydrogen-bond acceptors (Lipinski definition) is 5. The lowest BCUT2D eigenvalue weighted by molar-refractivity contribution is -0.0129. The monoisotopic (exact) mass is 444 g/mol. The van der Waals surface area contributed by atoms with Crippen molar-refractivity contribution < 1.29 is 9.53 Å². The fourth-order valence-electron chi connectivity index (χ4n) is 3.72. The summed E-state index contributed by atoms with van der Waals surface area (Å²) in [6.45, 7) is 11.2. The van der Waals surface area contributed by atoms with Crippen LogP contribution in [0.4, 0.5) is 10.5 Å². The third-order valence-corrected chi connectivity index (χ3v) is 6.71. The number of aryl methyl sites for hydroxylation is 1. The normalized spacial score (nSPS) is 17.7. The number of benzene rings is 1. The number of nitrogens with one attached hydrogen (secondary N) is 2. The third kappa shape index (κ3) is 7.30. The summed E-state index contributed by atoms with van der Waals surface area (Å²) in [5, 5.41) is 8.99. The van der Waals surface area contributed by atoms with Crippen LogP contribution in [-0.2, 0) is 17.7 Å². The molecule has 1 aromatic carbocycles. The fourth-order valence-corrected chi connectivity index (χ4v) is 4.56. The van der Waals surface area contributed by atoms with Crippen molar-refractivity contribution in [1.82, 2.24) is 15.2 Å². The Morgan fingerprint density at radius 1 is 1.26 bits per heavy atom. The topological polar surface area (TPSA) is 66.5 Å². The molecule has 0 aliphatic carbocycles. The van der Waals surface area contributed by atoms with E-state index < -0.39 is 0 Å². The van der Waals surface area contributed by atoms with Gasteiger partial charge in [0.15, 0.2) is 0 Å². The van der Waals surface area contributed by atoms with Gasteiger partial charge in [-0.25, -0.2) is 9.78 Å². The van der Waals surface area contributed by atoms with Crippen LogP contribution in [0.5, 0.6) is 0 Å². The molecule has 1 aliphatic heterocycles. The number of amides is 2. The van der Waals surface area contributed by atoms with E-state index in [2.05, 4.69) is 53.4 Å². The molecule has 1 fully saturated rings. The molecule has 0 bridgehead atoms. The van der Waals surface area contributed by atoms with Gasteiger partial charge in [0, 0.05) is 36.8 Å².